The van der Waals surface area contributed by atoms with E-state index in [9.17, 15) is 8.42 Å². The lowest BCUT2D eigenvalue weighted by molar-refractivity contribution is 0.189. The number of nitrogens with zero attached hydrogens (tertiary/aromatic N) is 5. The van der Waals surface area contributed by atoms with Crippen molar-refractivity contribution >= 4 is 38.3 Å². The number of hydrogen-bond acceptors (Lipinski definition) is 10. The molecule has 0 atom stereocenters. The van der Waals surface area contributed by atoms with Crippen LogP contribution >= 0.6 is 0 Å². The summed E-state index contributed by atoms with van der Waals surface area (Å²) in [5.41, 5.74) is 2.42. The molecule has 0 saturated carbocycles. The van der Waals surface area contributed by atoms with Gasteiger partial charge in [0.15, 0.2) is 15.5 Å². The molecule has 208 valence electrons. The maximum absolute atomic E-state index is 13.0. The average Bonchev–Trinajstić information content (AvgIpc) is 3.40. The average molecular weight is 553 g/mol. The Morgan fingerprint density at radius 3 is 2.56 bits per heavy atom. The van der Waals surface area contributed by atoms with E-state index in [-0.39, 0.29) is 10.8 Å². The molecule has 0 radical (unpaired) electrons. The Balaban J connectivity index is 1.64. The summed E-state index contributed by atoms with van der Waals surface area (Å²) in [5, 5.41) is 13.5. The van der Waals surface area contributed by atoms with E-state index in [0.717, 1.165) is 31.9 Å². The summed E-state index contributed by atoms with van der Waals surface area (Å²) in [7, 11) is 0.182. The highest BCUT2D eigenvalue weighted by molar-refractivity contribution is 7.92. The van der Waals surface area contributed by atoms with E-state index < -0.39 is 15.1 Å². The number of allylic oxidation sites excluding steroid dienone is 2. The Morgan fingerprint density at radius 1 is 1.18 bits per heavy atom. The van der Waals surface area contributed by atoms with Gasteiger partial charge in [0, 0.05) is 38.0 Å². The van der Waals surface area contributed by atoms with E-state index in [0.29, 0.717) is 34.0 Å². The minimum Gasteiger partial charge on any atom is -0.495 e. The largest absolute Gasteiger partial charge is 0.495 e. The number of methoxy groups -OCH3 is 1. The lowest BCUT2D eigenvalue weighted by Gasteiger charge is -2.34. The van der Waals surface area contributed by atoms with Crippen LogP contribution in [0.2, 0.25) is 0 Å². The molecule has 1 fully saturated rings. The van der Waals surface area contributed by atoms with Crippen molar-refractivity contribution in [2.45, 2.75) is 30.9 Å². The van der Waals surface area contributed by atoms with Crippen LogP contribution in [0, 0.1) is 0 Å². The van der Waals surface area contributed by atoms with Gasteiger partial charge in [0.05, 0.1) is 40.2 Å². The molecule has 39 heavy (non-hydrogen) atoms. The summed E-state index contributed by atoms with van der Waals surface area (Å²) in [4.78, 5) is 13.9. The molecule has 1 aromatic carbocycles. The zero-order valence-electron chi connectivity index (χ0n) is 23.0. The Hall–Kier alpha value is -3.90. The smallest absolute Gasteiger partial charge is 0.231 e. The number of nitrogens with one attached hydrogen (secondary N) is 3. The van der Waals surface area contributed by atoms with Crippen molar-refractivity contribution in [1.82, 2.24) is 30.0 Å². The minimum atomic E-state index is -3.53. The van der Waals surface area contributed by atoms with Gasteiger partial charge in [-0.15, -0.1) is 0 Å². The van der Waals surface area contributed by atoms with Crippen LogP contribution < -0.4 is 10.6 Å². The van der Waals surface area contributed by atoms with Crippen LogP contribution in [0.25, 0.3) is 11.0 Å². The lowest BCUT2D eigenvalue weighted by atomic mass is 10.2. The number of aromatic amines is 1. The van der Waals surface area contributed by atoms with Gasteiger partial charge in [-0.05, 0) is 40.0 Å². The quantitative estimate of drug-likeness (QED) is 0.252. The van der Waals surface area contributed by atoms with Crippen molar-refractivity contribution in [2.75, 3.05) is 51.0 Å². The SMILES string of the molecule is C=C(/C=C(OC)\C(=C/C)Nc1nc(Nc2ccccc2S(=O)(=O)C(C)C)c2cn[nH]c2n1)N1CCN(C)CC1. The number of fused-ring (bicyclic) bond motifs is 1. The fraction of sp³-hybridized carbons (Fsp3) is 0.370. The van der Waals surface area contributed by atoms with Crippen LogP contribution in [0.3, 0.4) is 0 Å². The normalized spacial score (nSPS) is 15.6. The molecule has 3 heterocycles. The third-order valence-electron chi connectivity index (χ3n) is 6.60. The number of aromatic nitrogens is 4. The first-order chi connectivity index (χ1) is 18.6. The Morgan fingerprint density at radius 2 is 1.90 bits per heavy atom. The van der Waals surface area contributed by atoms with Crippen LogP contribution in [0.1, 0.15) is 20.8 Å². The Labute approximate surface area is 229 Å². The molecule has 1 aliphatic rings. The van der Waals surface area contributed by atoms with Gasteiger partial charge in [0.2, 0.25) is 5.95 Å². The van der Waals surface area contributed by atoms with Gasteiger partial charge in [0.1, 0.15) is 11.6 Å². The van der Waals surface area contributed by atoms with Gasteiger partial charge < -0.3 is 25.2 Å². The second-order valence-electron chi connectivity index (χ2n) is 9.56. The molecule has 11 nitrogen and oxygen atoms in total. The van der Waals surface area contributed by atoms with Crippen molar-refractivity contribution in [3.05, 3.63) is 66.3 Å². The summed E-state index contributed by atoms with van der Waals surface area (Å²) in [5.74, 6) is 1.26. The number of sulfone groups is 1. The maximum atomic E-state index is 13.0. The summed E-state index contributed by atoms with van der Waals surface area (Å²) >= 11 is 0. The number of likely N-dealkylation sites (N-methyl/N-ethyl adjacent to an activating group) is 1. The first-order valence-corrected chi connectivity index (χ1v) is 14.3. The summed E-state index contributed by atoms with van der Waals surface area (Å²) in [6.45, 7) is 13.2. The van der Waals surface area contributed by atoms with Gasteiger partial charge in [-0.1, -0.05) is 24.8 Å². The third kappa shape index (κ3) is 6.23. The third-order valence-corrected chi connectivity index (χ3v) is 8.81. The monoisotopic (exact) mass is 552 g/mol. The highest BCUT2D eigenvalue weighted by Crippen LogP contribution is 2.30. The van der Waals surface area contributed by atoms with Crippen LogP contribution in [0.15, 0.2) is 71.2 Å². The first-order valence-electron chi connectivity index (χ1n) is 12.8. The molecule has 4 rings (SSSR count). The molecule has 12 heteroatoms. The molecule has 0 unspecified atom stereocenters. The number of ether oxygens (including phenoxy) is 1. The number of anilines is 3. The Kier molecular flexibility index (Phi) is 8.56. The minimum absolute atomic E-state index is 0.200. The molecule has 1 aliphatic heterocycles. The Bertz CT molecular complexity index is 1500. The van der Waals surface area contributed by atoms with Crippen molar-refractivity contribution in [1.29, 1.82) is 0 Å². The van der Waals surface area contributed by atoms with Crippen molar-refractivity contribution in [2.24, 2.45) is 0 Å². The van der Waals surface area contributed by atoms with Crippen LogP contribution in [0.4, 0.5) is 17.5 Å². The number of para-hydroxylation sites is 1. The fourth-order valence-electron chi connectivity index (χ4n) is 4.16. The van der Waals surface area contributed by atoms with E-state index >= 15 is 0 Å². The highest BCUT2D eigenvalue weighted by Gasteiger charge is 2.23. The second-order valence-corrected chi connectivity index (χ2v) is 12.0. The molecular formula is C27H36N8O3S. The summed E-state index contributed by atoms with van der Waals surface area (Å²) < 4.78 is 31.7. The van der Waals surface area contributed by atoms with E-state index in [1.807, 2.05) is 19.1 Å². The molecule has 0 bridgehead atoms. The topological polar surface area (TPSA) is 128 Å². The van der Waals surface area contributed by atoms with Crippen molar-refractivity contribution in [3.63, 3.8) is 0 Å². The molecule has 3 N–H and O–H groups in total. The highest BCUT2D eigenvalue weighted by atomic mass is 32.2. The molecule has 0 spiro atoms. The zero-order valence-corrected chi connectivity index (χ0v) is 23.8. The molecule has 3 aromatic rings. The van der Waals surface area contributed by atoms with Crippen molar-refractivity contribution in [3.8, 4) is 0 Å². The number of benzene rings is 1. The van der Waals surface area contributed by atoms with Crippen molar-refractivity contribution < 1.29 is 13.2 Å². The molecule has 1 saturated heterocycles. The number of piperazine rings is 1. The molecule has 0 aliphatic carbocycles. The predicted octanol–water partition coefficient (Wildman–Crippen LogP) is 3.89. The first kappa shape index (κ1) is 28.1. The van der Waals surface area contributed by atoms with Crippen LogP contribution in [-0.2, 0) is 14.6 Å². The fourth-order valence-corrected chi connectivity index (χ4v) is 5.37. The van der Waals surface area contributed by atoms with Gasteiger partial charge >= 0.3 is 0 Å². The molecule has 0 amide bonds. The van der Waals surface area contributed by atoms with E-state index in [4.69, 9.17) is 4.74 Å². The maximum Gasteiger partial charge on any atom is 0.231 e. The molecular weight excluding hydrogens is 516 g/mol. The summed E-state index contributed by atoms with van der Waals surface area (Å²) in [6.07, 6.45) is 5.36. The lowest BCUT2D eigenvalue weighted by Crippen LogP contribution is -2.43. The summed E-state index contributed by atoms with van der Waals surface area (Å²) in [6, 6.07) is 6.78. The van der Waals surface area contributed by atoms with E-state index in [1.54, 1.807) is 51.4 Å². The van der Waals surface area contributed by atoms with Gasteiger partial charge in [-0.3, -0.25) is 5.10 Å². The van der Waals surface area contributed by atoms with E-state index in [2.05, 4.69) is 54.2 Å². The molecule has 2 aromatic heterocycles. The van der Waals surface area contributed by atoms with Gasteiger partial charge in [-0.2, -0.15) is 15.1 Å². The van der Waals surface area contributed by atoms with E-state index in [1.165, 1.54) is 0 Å². The van der Waals surface area contributed by atoms with Gasteiger partial charge in [0.25, 0.3) is 0 Å². The standard InChI is InChI=1S/C27H36N8O3S/c1-7-21(23(38-6)16-19(4)35-14-12-34(5)13-15-35)30-27-31-25(20-17-28-33-26(20)32-27)29-22-10-8-9-11-24(22)39(36,37)18(2)3/h7-11,16-18H,4,12-15H2,1-3,5-6H3,(H3,28,29,30,31,32,33)/b21-7+,23-16+. The zero-order chi connectivity index (χ0) is 28.2. The van der Waals surface area contributed by atoms with Gasteiger partial charge in [-0.25, -0.2) is 8.42 Å². The number of hydrogen-bond donors (Lipinski definition) is 3. The van der Waals surface area contributed by atoms with Crippen LogP contribution in [-0.4, -0.2) is 84.0 Å². The predicted molar refractivity (Wildman–Crippen MR) is 154 cm³/mol. The number of H-pyrrole nitrogens is 1. The second kappa shape index (κ2) is 11.9. The number of rotatable bonds is 10. The van der Waals surface area contributed by atoms with Crippen LogP contribution in [0.5, 0.6) is 0 Å².